The summed E-state index contributed by atoms with van der Waals surface area (Å²) in [5, 5.41) is 31.2. The summed E-state index contributed by atoms with van der Waals surface area (Å²) in [5.41, 5.74) is 4.12. The molecule has 1 saturated heterocycles. The summed E-state index contributed by atoms with van der Waals surface area (Å²) < 4.78 is 2.24. The molecule has 1 aromatic heterocycles. The quantitative estimate of drug-likeness (QED) is 0.113. The number of aliphatic carboxylic acids is 4. The zero-order valence-corrected chi connectivity index (χ0v) is 27.8. The van der Waals surface area contributed by atoms with E-state index in [1.54, 1.807) is 0 Å². The number of carboxylic acid groups (broad SMARTS) is 4. The van der Waals surface area contributed by atoms with E-state index in [1.165, 1.54) is 5.56 Å². The zero-order valence-electron chi connectivity index (χ0n) is 27.8. The van der Waals surface area contributed by atoms with E-state index in [-0.39, 0.29) is 5.78 Å². The fourth-order valence-electron chi connectivity index (χ4n) is 4.99. The van der Waals surface area contributed by atoms with E-state index in [1.807, 2.05) is 48.5 Å². The van der Waals surface area contributed by atoms with Crippen molar-refractivity contribution in [3.05, 3.63) is 132 Å². The number of piperazine rings is 1. The molecule has 5 rings (SSSR count). The molecule has 0 unspecified atom stereocenters. The van der Waals surface area contributed by atoms with Gasteiger partial charge in [0.2, 0.25) is 0 Å². The van der Waals surface area contributed by atoms with Gasteiger partial charge in [-0.1, -0.05) is 84.9 Å². The summed E-state index contributed by atoms with van der Waals surface area (Å²) in [6.45, 7) is 6.56. The number of aromatic nitrogens is 2. The molecule has 2 heterocycles. The Hall–Kier alpha value is -6.18. The van der Waals surface area contributed by atoms with E-state index in [0.29, 0.717) is 37.3 Å². The Morgan fingerprint density at radius 2 is 1.12 bits per heavy atom. The number of benzene rings is 3. The Bertz CT molecular complexity index is 1780. The van der Waals surface area contributed by atoms with Crippen LogP contribution in [0.3, 0.4) is 0 Å². The largest absolute Gasteiger partial charge is 0.478 e. The second kappa shape index (κ2) is 21.0. The number of carbonyl (C=O) groups excluding carboxylic acids is 1. The standard InChI is InChI=1S/C30H32N4O.2C4H4O4/c35-29(26-13-5-2-6-14-26)17-19-34-28-16-8-7-15-27(28)31-30(34)24-33-22-20-32(21-23-33)18-9-12-25-10-3-1-4-11-25;2*5-3(6)1-2-4(7)8/h1-16H,17-24H2;2*1-2H,(H,5,6)(H,7,8). The maximum absolute atomic E-state index is 12.7. The molecule has 0 aliphatic carbocycles. The van der Waals surface area contributed by atoms with E-state index in [2.05, 4.69) is 62.9 Å². The summed E-state index contributed by atoms with van der Waals surface area (Å²) in [5.74, 6) is -3.81. The van der Waals surface area contributed by atoms with Crippen molar-refractivity contribution in [1.29, 1.82) is 0 Å². The van der Waals surface area contributed by atoms with Crippen molar-refractivity contribution in [1.82, 2.24) is 19.4 Å². The van der Waals surface area contributed by atoms with Gasteiger partial charge in [-0.25, -0.2) is 24.2 Å². The third-order valence-corrected chi connectivity index (χ3v) is 7.43. The Balaban J connectivity index is 0.000000366. The number of hydrogen-bond donors (Lipinski definition) is 4. The van der Waals surface area contributed by atoms with Crippen LogP contribution in [0.15, 0.2) is 115 Å². The first kappa shape index (κ1) is 39.3. The van der Waals surface area contributed by atoms with E-state index in [4.69, 9.17) is 25.4 Å². The highest BCUT2D eigenvalue weighted by molar-refractivity contribution is 5.96. The second-order valence-corrected chi connectivity index (χ2v) is 11.1. The molecule has 13 nitrogen and oxygen atoms in total. The lowest BCUT2D eigenvalue weighted by Crippen LogP contribution is -2.46. The predicted octanol–water partition coefficient (Wildman–Crippen LogP) is 4.56. The van der Waals surface area contributed by atoms with Crippen LogP contribution in [0, 0.1) is 0 Å². The predicted molar refractivity (Wildman–Crippen MR) is 191 cm³/mol. The minimum atomic E-state index is -1.26. The van der Waals surface area contributed by atoms with Gasteiger partial charge < -0.3 is 25.0 Å². The Morgan fingerprint density at radius 1 is 0.627 bits per heavy atom. The lowest BCUT2D eigenvalue weighted by Gasteiger charge is -2.34. The van der Waals surface area contributed by atoms with Crippen molar-refractivity contribution < 1.29 is 44.4 Å². The molecule has 266 valence electrons. The molecule has 3 aromatic carbocycles. The highest BCUT2D eigenvalue weighted by Crippen LogP contribution is 2.19. The average Bonchev–Trinajstić information content (AvgIpc) is 3.47. The highest BCUT2D eigenvalue weighted by atomic mass is 16.4. The first-order chi connectivity index (χ1) is 24.5. The molecule has 1 aliphatic rings. The van der Waals surface area contributed by atoms with Gasteiger partial charge in [0.1, 0.15) is 5.82 Å². The van der Waals surface area contributed by atoms with Gasteiger partial charge in [-0.15, -0.1) is 0 Å². The molecular formula is C38H40N4O9. The Labute approximate surface area is 294 Å². The number of para-hydroxylation sites is 2. The van der Waals surface area contributed by atoms with Crippen molar-refractivity contribution >= 4 is 46.8 Å². The van der Waals surface area contributed by atoms with Crippen molar-refractivity contribution in [3.8, 4) is 0 Å². The van der Waals surface area contributed by atoms with Gasteiger partial charge in [-0.2, -0.15) is 0 Å². The zero-order chi connectivity index (χ0) is 37.0. The summed E-state index contributed by atoms with van der Waals surface area (Å²) in [6.07, 6.45) is 7.16. The van der Waals surface area contributed by atoms with E-state index in [9.17, 15) is 24.0 Å². The van der Waals surface area contributed by atoms with Crippen molar-refractivity contribution in [2.45, 2.75) is 19.5 Å². The number of carbonyl (C=O) groups is 5. The lowest BCUT2D eigenvalue weighted by molar-refractivity contribution is -0.134. The Kier molecular flexibility index (Phi) is 16.2. The molecule has 0 atom stereocenters. The number of fused-ring (bicyclic) bond motifs is 1. The molecule has 0 bridgehead atoms. The monoisotopic (exact) mass is 696 g/mol. The summed E-state index contributed by atoms with van der Waals surface area (Å²) in [6, 6.07) is 28.3. The number of aryl methyl sites for hydroxylation is 1. The number of nitrogens with zero attached hydrogens (tertiary/aromatic N) is 4. The number of ketones is 1. The molecule has 0 spiro atoms. The van der Waals surface area contributed by atoms with Gasteiger partial charge >= 0.3 is 23.9 Å². The maximum atomic E-state index is 12.7. The minimum Gasteiger partial charge on any atom is -0.478 e. The number of rotatable bonds is 13. The lowest BCUT2D eigenvalue weighted by atomic mass is 10.1. The summed E-state index contributed by atoms with van der Waals surface area (Å²) >= 11 is 0. The first-order valence-electron chi connectivity index (χ1n) is 16.0. The first-order valence-corrected chi connectivity index (χ1v) is 16.0. The molecule has 13 heteroatoms. The smallest absolute Gasteiger partial charge is 0.328 e. The van der Waals surface area contributed by atoms with Crippen LogP contribution in [0.25, 0.3) is 17.1 Å². The van der Waals surface area contributed by atoms with Crippen LogP contribution in [0.2, 0.25) is 0 Å². The molecule has 0 amide bonds. The summed E-state index contributed by atoms with van der Waals surface area (Å²) in [4.78, 5) is 60.9. The normalized spacial score (nSPS) is 13.4. The van der Waals surface area contributed by atoms with Crippen LogP contribution in [-0.4, -0.2) is 102 Å². The number of imidazole rings is 1. The molecule has 1 fully saturated rings. The van der Waals surface area contributed by atoms with Crippen molar-refractivity contribution in [3.63, 3.8) is 0 Å². The number of hydrogen-bond acceptors (Lipinski definition) is 8. The van der Waals surface area contributed by atoms with Crippen LogP contribution in [-0.2, 0) is 32.3 Å². The maximum Gasteiger partial charge on any atom is 0.328 e. The molecule has 0 radical (unpaired) electrons. The average molecular weight is 697 g/mol. The van der Waals surface area contributed by atoms with E-state index < -0.39 is 23.9 Å². The third-order valence-electron chi connectivity index (χ3n) is 7.43. The number of carboxylic acids is 4. The fourth-order valence-corrected chi connectivity index (χ4v) is 4.99. The van der Waals surface area contributed by atoms with Crippen LogP contribution in [0.1, 0.15) is 28.2 Å². The van der Waals surface area contributed by atoms with Gasteiger partial charge in [0, 0.05) is 75.6 Å². The molecular weight excluding hydrogens is 656 g/mol. The van der Waals surface area contributed by atoms with Crippen molar-refractivity contribution in [2.75, 3.05) is 32.7 Å². The molecule has 1 aliphatic heterocycles. The number of Topliss-reactive ketones (excluding diaryl/α,β-unsaturated/α-hetero) is 1. The molecule has 4 aromatic rings. The molecule has 4 N–H and O–H groups in total. The van der Waals surface area contributed by atoms with Gasteiger partial charge in [-0.05, 0) is 17.7 Å². The van der Waals surface area contributed by atoms with Crippen LogP contribution in [0.4, 0.5) is 0 Å². The van der Waals surface area contributed by atoms with Gasteiger partial charge in [0.05, 0.1) is 17.6 Å². The topological polar surface area (TPSA) is 191 Å². The highest BCUT2D eigenvalue weighted by Gasteiger charge is 2.20. The van der Waals surface area contributed by atoms with Crippen LogP contribution < -0.4 is 0 Å². The van der Waals surface area contributed by atoms with E-state index >= 15 is 0 Å². The SMILES string of the molecule is O=C(CCn1c(CN2CCN(CC=Cc3ccccc3)CC2)nc2ccccc21)c1ccccc1.O=C(O)C=CC(=O)O.O=C(O)C=CC(=O)O. The fraction of sp³-hybridized carbons (Fsp3) is 0.211. The molecule has 51 heavy (non-hydrogen) atoms. The van der Waals surface area contributed by atoms with Gasteiger partial charge in [0.15, 0.2) is 5.78 Å². The van der Waals surface area contributed by atoms with Gasteiger partial charge in [0.25, 0.3) is 0 Å². The van der Waals surface area contributed by atoms with Crippen LogP contribution >= 0.6 is 0 Å². The second-order valence-electron chi connectivity index (χ2n) is 11.1. The summed E-state index contributed by atoms with van der Waals surface area (Å²) in [7, 11) is 0. The van der Waals surface area contributed by atoms with E-state index in [0.717, 1.165) is 61.7 Å². The third kappa shape index (κ3) is 14.9. The molecule has 0 saturated carbocycles. The van der Waals surface area contributed by atoms with Gasteiger partial charge in [-0.3, -0.25) is 14.6 Å². The minimum absolute atomic E-state index is 0.173. The van der Waals surface area contributed by atoms with Crippen molar-refractivity contribution in [2.24, 2.45) is 0 Å². The Morgan fingerprint density at radius 3 is 1.67 bits per heavy atom. The van der Waals surface area contributed by atoms with Crippen LogP contribution in [0.5, 0.6) is 0 Å².